The first-order valence-electron chi connectivity index (χ1n) is 8.38. The third-order valence-corrected chi connectivity index (χ3v) is 4.79. The number of amides is 1. The van der Waals surface area contributed by atoms with Gasteiger partial charge in [0.1, 0.15) is 11.6 Å². The molecule has 0 spiro atoms. The van der Waals surface area contributed by atoms with Crippen molar-refractivity contribution < 1.29 is 28.2 Å². The lowest BCUT2D eigenvalue weighted by Gasteiger charge is -2.09. The maximum atomic E-state index is 12.9. The summed E-state index contributed by atoms with van der Waals surface area (Å²) in [6, 6.07) is 7.50. The van der Waals surface area contributed by atoms with E-state index in [9.17, 15) is 33.4 Å². The van der Waals surface area contributed by atoms with Gasteiger partial charge < -0.3 is 15.5 Å². The van der Waals surface area contributed by atoms with Gasteiger partial charge in [-0.05, 0) is 36.2 Å². The number of aromatic nitrogens is 2. The summed E-state index contributed by atoms with van der Waals surface area (Å²) in [7, 11) is 0. The number of halogens is 3. The van der Waals surface area contributed by atoms with Crippen LogP contribution in [-0.2, 0) is 17.4 Å². The largest absolute Gasteiger partial charge is 0.504 e. The fourth-order valence-electron chi connectivity index (χ4n) is 2.52. The van der Waals surface area contributed by atoms with Crippen LogP contribution in [0.4, 0.5) is 18.3 Å². The lowest BCUT2D eigenvalue weighted by molar-refractivity contribution is -0.137. The van der Waals surface area contributed by atoms with Gasteiger partial charge in [-0.25, -0.2) is 4.98 Å². The normalized spacial score (nSPS) is 12.2. The molecule has 3 aromatic rings. The molecule has 0 bridgehead atoms. The van der Waals surface area contributed by atoms with E-state index in [2.05, 4.69) is 15.3 Å². The summed E-state index contributed by atoms with van der Waals surface area (Å²) in [5, 5.41) is 32.1. The monoisotopic (exact) mass is 434 g/mol. The van der Waals surface area contributed by atoms with E-state index in [4.69, 9.17) is 0 Å². The molecular weight excluding hydrogens is 421 g/mol. The van der Waals surface area contributed by atoms with Crippen molar-refractivity contribution in [3.63, 3.8) is 0 Å². The van der Waals surface area contributed by atoms with Crippen LogP contribution in [0.3, 0.4) is 0 Å². The summed E-state index contributed by atoms with van der Waals surface area (Å²) >= 11 is 0.978. The van der Waals surface area contributed by atoms with E-state index in [-0.39, 0.29) is 34.4 Å². The van der Waals surface area contributed by atoms with E-state index in [0.717, 1.165) is 29.7 Å². The Kier molecular flexibility index (Phi) is 5.89. The summed E-state index contributed by atoms with van der Waals surface area (Å²) < 4.78 is 38.6. The zero-order chi connectivity index (χ0) is 21.9. The van der Waals surface area contributed by atoms with Gasteiger partial charge in [0.25, 0.3) is 0 Å². The molecule has 0 radical (unpaired) electrons. The predicted molar refractivity (Wildman–Crippen MR) is 102 cm³/mol. The lowest BCUT2D eigenvalue weighted by Crippen LogP contribution is -2.23. The number of rotatable bonds is 5. The van der Waals surface area contributed by atoms with Gasteiger partial charge >= 0.3 is 6.18 Å². The maximum absolute atomic E-state index is 12.9. The minimum atomic E-state index is -4.52. The first-order valence-corrected chi connectivity index (χ1v) is 9.26. The van der Waals surface area contributed by atoms with Crippen molar-refractivity contribution in [1.29, 1.82) is 5.26 Å². The number of nitriles is 1. The van der Waals surface area contributed by atoms with Gasteiger partial charge in [-0.15, -0.1) is 11.3 Å². The number of alkyl halides is 3. The first-order chi connectivity index (χ1) is 14.2. The van der Waals surface area contributed by atoms with Crippen LogP contribution in [0, 0.1) is 17.2 Å². The van der Waals surface area contributed by atoms with Crippen LogP contribution < -0.4 is 5.32 Å². The minimum Gasteiger partial charge on any atom is -0.504 e. The summed E-state index contributed by atoms with van der Waals surface area (Å²) in [5.74, 6) is -2.48. The number of benzene rings is 1. The van der Waals surface area contributed by atoms with Gasteiger partial charge in [0.2, 0.25) is 5.91 Å². The first kappa shape index (κ1) is 21.1. The molecule has 2 heterocycles. The molecule has 1 amide bonds. The number of hydrogen-bond acceptors (Lipinski definition) is 7. The number of phenolic OH excluding ortho intramolecular Hbond substituents is 2. The van der Waals surface area contributed by atoms with Crippen molar-refractivity contribution in [2.24, 2.45) is 5.92 Å². The fourth-order valence-corrected chi connectivity index (χ4v) is 3.22. The molecule has 1 unspecified atom stereocenters. The van der Waals surface area contributed by atoms with Gasteiger partial charge in [0.05, 0.1) is 17.3 Å². The molecule has 11 heteroatoms. The summed E-state index contributed by atoms with van der Waals surface area (Å²) in [6.45, 7) is 0. The Morgan fingerprint density at radius 2 is 1.97 bits per heavy atom. The lowest BCUT2D eigenvalue weighted by atomic mass is 9.99. The van der Waals surface area contributed by atoms with E-state index in [1.165, 1.54) is 23.6 Å². The number of phenols is 2. The quantitative estimate of drug-likeness (QED) is 0.523. The molecule has 3 N–H and O–H groups in total. The smallest absolute Gasteiger partial charge is 0.416 e. The van der Waals surface area contributed by atoms with Crippen molar-refractivity contribution in [3.05, 3.63) is 53.0 Å². The van der Waals surface area contributed by atoms with Crippen molar-refractivity contribution in [2.45, 2.75) is 12.6 Å². The van der Waals surface area contributed by atoms with Crippen molar-refractivity contribution in [2.75, 3.05) is 5.32 Å². The fraction of sp³-hybridized carbons (Fsp3) is 0.158. The van der Waals surface area contributed by atoms with Crippen LogP contribution in [0.15, 0.2) is 41.9 Å². The minimum absolute atomic E-state index is 0.00187. The number of nitrogens with one attached hydrogen (secondary N) is 1. The number of aromatic hydroxyl groups is 2. The average Bonchev–Trinajstić information content (AvgIpc) is 3.16. The van der Waals surface area contributed by atoms with Gasteiger partial charge in [0, 0.05) is 11.6 Å². The van der Waals surface area contributed by atoms with Crippen molar-refractivity contribution in [3.8, 4) is 29.0 Å². The Morgan fingerprint density at radius 3 is 2.63 bits per heavy atom. The zero-order valence-corrected chi connectivity index (χ0v) is 15.8. The number of hydrogen-bond donors (Lipinski definition) is 3. The van der Waals surface area contributed by atoms with Crippen LogP contribution in [0.2, 0.25) is 0 Å². The molecule has 154 valence electrons. The maximum Gasteiger partial charge on any atom is 0.416 e. The molecular formula is C19H13F3N4O3S. The molecule has 3 rings (SSSR count). The highest BCUT2D eigenvalue weighted by molar-refractivity contribution is 7.14. The zero-order valence-electron chi connectivity index (χ0n) is 15.0. The number of pyridine rings is 1. The van der Waals surface area contributed by atoms with Gasteiger partial charge in [-0.2, -0.15) is 18.4 Å². The summed E-state index contributed by atoms with van der Waals surface area (Å²) in [4.78, 5) is 20.3. The Morgan fingerprint density at radius 1 is 1.20 bits per heavy atom. The highest BCUT2D eigenvalue weighted by atomic mass is 32.1. The van der Waals surface area contributed by atoms with Crippen LogP contribution in [0.25, 0.3) is 11.4 Å². The molecule has 0 aliphatic rings. The summed E-state index contributed by atoms with van der Waals surface area (Å²) in [6.07, 6.45) is -3.52. The van der Waals surface area contributed by atoms with E-state index < -0.39 is 23.6 Å². The number of carbonyl (C=O) groups excluding carboxylic acids is 1. The van der Waals surface area contributed by atoms with Crippen molar-refractivity contribution >= 4 is 22.4 Å². The SMILES string of the molecule is N#CC(Cc1ccc(O)c(O)c1)C(=O)Nc1nc(-c2cc(C(F)(F)F)ccn2)cs1. The summed E-state index contributed by atoms with van der Waals surface area (Å²) in [5.41, 5.74) is -0.260. The van der Waals surface area contributed by atoms with E-state index in [0.29, 0.717) is 5.56 Å². The highest BCUT2D eigenvalue weighted by Gasteiger charge is 2.31. The average molecular weight is 434 g/mol. The Labute approximate surface area is 172 Å². The number of nitrogens with zero attached hydrogens (tertiary/aromatic N) is 3. The second-order valence-corrected chi connectivity index (χ2v) is 7.02. The molecule has 7 nitrogen and oxygen atoms in total. The Bertz CT molecular complexity index is 1120. The van der Waals surface area contributed by atoms with Gasteiger partial charge in [-0.1, -0.05) is 6.07 Å². The number of thiazole rings is 1. The van der Waals surface area contributed by atoms with Gasteiger partial charge in [0.15, 0.2) is 16.6 Å². The van der Waals surface area contributed by atoms with Crippen LogP contribution >= 0.6 is 11.3 Å². The molecule has 1 atom stereocenters. The van der Waals surface area contributed by atoms with E-state index >= 15 is 0 Å². The molecule has 1 aromatic carbocycles. The number of carbonyl (C=O) groups is 1. The molecule has 0 aliphatic heterocycles. The standard InChI is InChI=1S/C19H13F3N4O3S/c20-19(21,22)12-3-4-24-13(7-12)14-9-30-18(25-14)26-17(29)11(8-23)5-10-1-2-15(27)16(28)6-10/h1-4,6-7,9,11,27-28H,5H2,(H,25,26,29). The molecule has 0 aliphatic carbocycles. The van der Waals surface area contributed by atoms with Crippen LogP contribution in [-0.4, -0.2) is 26.1 Å². The Balaban J connectivity index is 1.72. The van der Waals surface area contributed by atoms with E-state index in [1.807, 2.05) is 6.07 Å². The molecule has 30 heavy (non-hydrogen) atoms. The van der Waals surface area contributed by atoms with E-state index in [1.54, 1.807) is 0 Å². The van der Waals surface area contributed by atoms with Crippen molar-refractivity contribution in [1.82, 2.24) is 9.97 Å². The molecule has 0 fully saturated rings. The molecule has 0 saturated carbocycles. The number of anilines is 1. The second kappa shape index (κ2) is 8.38. The second-order valence-electron chi connectivity index (χ2n) is 6.16. The van der Waals surface area contributed by atoms with Gasteiger partial charge in [-0.3, -0.25) is 9.78 Å². The third kappa shape index (κ3) is 4.84. The predicted octanol–water partition coefficient (Wildman–Crippen LogP) is 3.96. The third-order valence-electron chi connectivity index (χ3n) is 4.04. The highest BCUT2D eigenvalue weighted by Crippen LogP contribution is 2.32. The topological polar surface area (TPSA) is 119 Å². The van der Waals surface area contributed by atoms with Crippen LogP contribution in [0.1, 0.15) is 11.1 Å². The Hall–Kier alpha value is -3.65. The molecule has 2 aromatic heterocycles. The molecule has 0 saturated heterocycles. The van der Waals surface area contributed by atoms with Crippen LogP contribution in [0.5, 0.6) is 11.5 Å².